The van der Waals surface area contributed by atoms with E-state index >= 15 is 0 Å². The van der Waals surface area contributed by atoms with Crippen molar-refractivity contribution >= 4 is 21.2 Å². The van der Waals surface area contributed by atoms with E-state index in [0.717, 1.165) is 0 Å². The predicted molar refractivity (Wildman–Crippen MR) is 83.7 cm³/mol. The number of thiazole rings is 1. The van der Waals surface area contributed by atoms with Crippen molar-refractivity contribution in [1.29, 1.82) is 0 Å². The molecule has 2 aromatic heterocycles. The van der Waals surface area contributed by atoms with Crippen LogP contribution >= 0.6 is 11.3 Å². The molecule has 0 saturated heterocycles. The number of hydrogen-bond donors (Lipinski definition) is 0. The summed E-state index contributed by atoms with van der Waals surface area (Å²) in [5.74, 6) is 0.989. The molecular weight excluding hydrogens is 322 g/mol. The maximum Gasteiger partial charge on any atom is 0.184 e. The van der Waals surface area contributed by atoms with Crippen molar-refractivity contribution in [2.45, 2.75) is 10.6 Å². The highest BCUT2D eigenvalue weighted by atomic mass is 32.2. The van der Waals surface area contributed by atoms with Crippen molar-refractivity contribution in [3.8, 4) is 16.5 Å². The van der Waals surface area contributed by atoms with Gasteiger partial charge in [-0.3, -0.25) is 0 Å². The number of rotatable bonds is 5. The second-order valence-corrected chi connectivity index (χ2v) is 7.41. The lowest BCUT2D eigenvalue weighted by Gasteiger charge is -2.05. The summed E-state index contributed by atoms with van der Waals surface area (Å²) in [6.07, 6.45) is 1.56. The monoisotopic (exact) mass is 335 g/mol. The summed E-state index contributed by atoms with van der Waals surface area (Å²) in [5.41, 5.74) is 0.499. The van der Waals surface area contributed by atoms with Gasteiger partial charge in [0.2, 0.25) is 0 Å². The van der Waals surface area contributed by atoms with E-state index < -0.39 is 9.84 Å². The SMILES string of the molecule is COc1cccc(S(=O)(=O)Cc2csc(-c3ccco3)n2)c1. The number of sulfone groups is 1. The summed E-state index contributed by atoms with van der Waals surface area (Å²) >= 11 is 1.36. The Morgan fingerprint density at radius 1 is 1.27 bits per heavy atom. The molecule has 22 heavy (non-hydrogen) atoms. The normalized spacial score (nSPS) is 11.5. The first-order chi connectivity index (χ1) is 10.6. The third-order valence-electron chi connectivity index (χ3n) is 3.02. The van der Waals surface area contributed by atoms with Crippen LogP contribution in [0.2, 0.25) is 0 Å². The molecule has 0 unspecified atom stereocenters. The number of nitrogens with zero attached hydrogens (tertiary/aromatic N) is 1. The molecule has 2 heterocycles. The Morgan fingerprint density at radius 3 is 2.86 bits per heavy atom. The summed E-state index contributed by atoms with van der Waals surface area (Å²) in [4.78, 5) is 4.54. The van der Waals surface area contributed by atoms with E-state index in [0.29, 0.717) is 22.2 Å². The van der Waals surface area contributed by atoms with Gasteiger partial charge in [-0.1, -0.05) is 6.07 Å². The number of aromatic nitrogens is 1. The maximum atomic E-state index is 12.5. The van der Waals surface area contributed by atoms with E-state index in [-0.39, 0.29) is 10.6 Å². The van der Waals surface area contributed by atoms with Gasteiger partial charge in [-0.2, -0.15) is 0 Å². The van der Waals surface area contributed by atoms with Gasteiger partial charge in [-0.25, -0.2) is 13.4 Å². The zero-order chi connectivity index (χ0) is 15.6. The molecule has 0 aliphatic rings. The lowest BCUT2D eigenvalue weighted by atomic mass is 10.3. The molecule has 0 aliphatic heterocycles. The fourth-order valence-electron chi connectivity index (χ4n) is 1.96. The van der Waals surface area contributed by atoms with Gasteiger partial charge in [-0.05, 0) is 30.3 Å². The Bertz CT molecular complexity index is 867. The fraction of sp³-hybridized carbons (Fsp3) is 0.133. The first-order valence-electron chi connectivity index (χ1n) is 6.43. The Hall–Kier alpha value is -2.12. The summed E-state index contributed by atoms with van der Waals surface area (Å²) in [7, 11) is -1.97. The molecule has 3 aromatic rings. The van der Waals surface area contributed by atoms with Gasteiger partial charge in [0.1, 0.15) is 5.75 Å². The first-order valence-corrected chi connectivity index (χ1v) is 8.97. The third-order valence-corrected chi connectivity index (χ3v) is 5.58. The van der Waals surface area contributed by atoms with Crippen molar-refractivity contribution in [3.05, 3.63) is 53.7 Å². The lowest BCUT2D eigenvalue weighted by molar-refractivity contribution is 0.413. The Morgan fingerprint density at radius 2 is 2.14 bits per heavy atom. The van der Waals surface area contributed by atoms with E-state index in [2.05, 4.69) is 4.98 Å². The molecule has 0 amide bonds. The molecule has 0 N–H and O–H groups in total. The standard InChI is InChI=1S/C15H13NO4S2/c1-19-12-4-2-5-13(8-12)22(17,18)10-11-9-21-15(16-11)14-6-3-7-20-14/h2-9H,10H2,1H3. The molecule has 1 aromatic carbocycles. The van der Waals surface area contributed by atoms with E-state index in [4.69, 9.17) is 9.15 Å². The largest absolute Gasteiger partial charge is 0.497 e. The first kappa shape index (κ1) is 14.8. The molecule has 0 spiro atoms. The maximum absolute atomic E-state index is 12.5. The zero-order valence-corrected chi connectivity index (χ0v) is 13.4. The highest BCUT2D eigenvalue weighted by molar-refractivity contribution is 7.90. The van der Waals surface area contributed by atoms with Crippen molar-refractivity contribution in [2.24, 2.45) is 0 Å². The van der Waals surface area contributed by atoms with Gasteiger partial charge < -0.3 is 9.15 Å². The van der Waals surface area contributed by atoms with Crippen LogP contribution in [0.5, 0.6) is 5.75 Å². The van der Waals surface area contributed by atoms with Crippen LogP contribution < -0.4 is 4.74 Å². The Labute approximate surface area is 132 Å². The molecule has 0 atom stereocenters. The second-order valence-electron chi connectivity index (χ2n) is 4.56. The molecule has 0 bridgehead atoms. The highest BCUT2D eigenvalue weighted by Crippen LogP contribution is 2.26. The minimum Gasteiger partial charge on any atom is -0.497 e. The Kier molecular flexibility index (Phi) is 4.00. The minimum absolute atomic E-state index is 0.155. The second kappa shape index (κ2) is 5.94. The van der Waals surface area contributed by atoms with Crippen LogP contribution in [0, 0.1) is 0 Å². The van der Waals surface area contributed by atoms with Crippen molar-refractivity contribution in [3.63, 3.8) is 0 Å². The number of ether oxygens (including phenoxy) is 1. The molecule has 3 rings (SSSR count). The van der Waals surface area contributed by atoms with Crippen molar-refractivity contribution in [1.82, 2.24) is 4.98 Å². The van der Waals surface area contributed by atoms with E-state index in [9.17, 15) is 8.42 Å². The smallest absolute Gasteiger partial charge is 0.184 e. The predicted octanol–water partition coefficient (Wildman–Crippen LogP) is 3.39. The van der Waals surface area contributed by atoms with E-state index in [1.165, 1.54) is 24.5 Å². The van der Waals surface area contributed by atoms with Crippen LogP contribution in [0.4, 0.5) is 0 Å². The Balaban J connectivity index is 1.85. The van der Waals surface area contributed by atoms with Gasteiger partial charge in [0, 0.05) is 5.38 Å². The van der Waals surface area contributed by atoms with Gasteiger partial charge in [0.15, 0.2) is 20.6 Å². The van der Waals surface area contributed by atoms with Crippen molar-refractivity contribution < 1.29 is 17.6 Å². The average molecular weight is 335 g/mol. The molecular formula is C15H13NO4S2. The molecule has 0 fully saturated rings. The van der Waals surface area contributed by atoms with Crippen LogP contribution in [0.25, 0.3) is 10.8 Å². The van der Waals surface area contributed by atoms with Crippen LogP contribution in [0.1, 0.15) is 5.69 Å². The summed E-state index contributed by atoms with van der Waals surface area (Å²) < 4.78 is 35.2. The molecule has 0 radical (unpaired) electrons. The molecule has 7 heteroatoms. The topological polar surface area (TPSA) is 69.4 Å². The quantitative estimate of drug-likeness (QED) is 0.715. The van der Waals surface area contributed by atoms with E-state index in [1.807, 2.05) is 0 Å². The number of methoxy groups -OCH3 is 1. The highest BCUT2D eigenvalue weighted by Gasteiger charge is 2.18. The van der Waals surface area contributed by atoms with Crippen molar-refractivity contribution in [2.75, 3.05) is 7.11 Å². The number of hydrogen-bond acceptors (Lipinski definition) is 6. The molecule has 0 saturated carbocycles. The van der Waals surface area contributed by atoms with E-state index in [1.54, 1.807) is 42.0 Å². The lowest BCUT2D eigenvalue weighted by Crippen LogP contribution is -2.05. The zero-order valence-electron chi connectivity index (χ0n) is 11.7. The average Bonchev–Trinajstić information content (AvgIpc) is 3.18. The molecule has 0 aliphatic carbocycles. The summed E-state index contributed by atoms with van der Waals surface area (Å²) in [6.45, 7) is 0. The van der Waals surface area contributed by atoms with Crippen LogP contribution in [0.15, 0.2) is 57.4 Å². The van der Waals surface area contributed by atoms with Gasteiger partial charge in [0.05, 0.1) is 29.7 Å². The summed E-state index contributed by atoms with van der Waals surface area (Å²) in [6, 6.07) is 9.98. The van der Waals surface area contributed by atoms with Gasteiger partial charge >= 0.3 is 0 Å². The molecule has 114 valence electrons. The van der Waals surface area contributed by atoms with Gasteiger partial charge in [0.25, 0.3) is 0 Å². The number of benzene rings is 1. The van der Waals surface area contributed by atoms with Crippen LogP contribution in [-0.2, 0) is 15.6 Å². The minimum atomic E-state index is -3.47. The van der Waals surface area contributed by atoms with Crippen LogP contribution in [-0.4, -0.2) is 20.5 Å². The summed E-state index contributed by atoms with van der Waals surface area (Å²) in [5, 5.41) is 2.40. The number of furan rings is 1. The van der Waals surface area contributed by atoms with Gasteiger partial charge in [-0.15, -0.1) is 11.3 Å². The van der Waals surface area contributed by atoms with Crippen LogP contribution in [0.3, 0.4) is 0 Å². The fourth-order valence-corrected chi connectivity index (χ4v) is 4.14. The molecule has 5 nitrogen and oxygen atoms in total. The third kappa shape index (κ3) is 3.05.